The van der Waals surface area contributed by atoms with Crippen molar-refractivity contribution in [1.29, 1.82) is 0 Å². The van der Waals surface area contributed by atoms with Crippen molar-refractivity contribution in [1.82, 2.24) is 15.2 Å². The Bertz CT molecular complexity index is 304. The van der Waals surface area contributed by atoms with E-state index in [1.54, 1.807) is 11.3 Å². The first-order valence-corrected chi connectivity index (χ1v) is 6.85. The minimum Gasteiger partial charge on any atom is -0.307 e. The summed E-state index contributed by atoms with van der Waals surface area (Å²) in [6.45, 7) is 3.26. The van der Waals surface area contributed by atoms with Crippen LogP contribution in [0, 0.1) is 5.92 Å². The zero-order valence-corrected chi connectivity index (χ0v) is 11.1. The van der Waals surface area contributed by atoms with Crippen LogP contribution in [0.5, 0.6) is 0 Å². The summed E-state index contributed by atoms with van der Waals surface area (Å²) in [6, 6.07) is 1.06. The Kier molecular flexibility index (Phi) is 3.95. The first kappa shape index (κ1) is 12.0. The second kappa shape index (κ2) is 5.25. The molecule has 2 rings (SSSR count). The quantitative estimate of drug-likeness (QED) is 0.824. The van der Waals surface area contributed by atoms with Crippen LogP contribution in [0.4, 0.5) is 0 Å². The summed E-state index contributed by atoms with van der Waals surface area (Å²) < 4.78 is 0. The number of rotatable bonds is 6. The molecule has 1 aliphatic rings. The smallest absolute Gasteiger partial charge is 0.109 e. The largest absolute Gasteiger partial charge is 0.307 e. The standard InChI is InChI=1S/C12H21N3S/c1-9(12-13-6-7-16-12)14-8-11(15(2)3)10-4-5-10/h6-7,9-11,14H,4-5,8H2,1-3H3. The average Bonchev–Trinajstić information content (AvgIpc) is 2.93. The lowest BCUT2D eigenvalue weighted by molar-refractivity contribution is 0.250. The van der Waals surface area contributed by atoms with Gasteiger partial charge < -0.3 is 10.2 Å². The van der Waals surface area contributed by atoms with Crippen molar-refractivity contribution >= 4 is 11.3 Å². The second-order valence-corrected chi connectivity index (χ2v) is 5.79. The highest BCUT2D eigenvalue weighted by atomic mass is 32.1. The van der Waals surface area contributed by atoms with Crippen LogP contribution >= 0.6 is 11.3 Å². The van der Waals surface area contributed by atoms with Crippen LogP contribution in [0.2, 0.25) is 0 Å². The van der Waals surface area contributed by atoms with E-state index in [1.165, 1.54) is 17.8 Å². The molecule has 0 radical (unpaired) electrons. The molecule has 0 saturated heterocycles. The predicted octanol–water partition coefficient (Wildman–Crippen LogP) is 2.13. The van der Waals surface area contributed by atoms with Crippen molar-refractivity contribution < 1.29 is 0 Å². The monoisotopic (exact) mass is 239 g/mol. The summed E-state index contributed by atoms with van der Waals surface area (Å²) in [6.07, 6.45) is 4.68. The lowest BCUT2D eigenvalue weighted by atomic mass is 10.1. The van der Waals surface area contributed by atoms with Gasteiger partial charge in [0.15, 0.2) is 0 Å². The molecule has 90 valence electrons. The van der Waals surface area contributed by atoms with Gasteiger partial charge in [-0.3, -0.25) is 0 Å². The summed E-state index contributed by atoms with van der Waals surface area (Å²) in [5.41, 5.74) is 0. The highest BCUT2D eigenvalue weighted by molar-refractivity contribution is 7.09. The van der Waals surface area contributed by atoms with E-state index in [1.807, 2.05) is 11.6 Å². The third kappa shape index (κ3) is 3.03. The number of nitrogens with one attached hydrogen (secondary N) is 1. The van der Waals surface area contributed by atoms with Gasteiger partial charge in [-0.1, -0.05) is 0 Å². The van der Waals surface area contributed by atoms with Crippen molar-refractivity contribution in [2.75, 3.05) is 20.6 Å². The van der Waals surface area contributed by atoms with Crippen LogP contribution in [-0.2, 0) is 0 Å². The highest BCUT2D eigenvalue weighted by Gasteiger charge is 2.32. The Morgan fingerprint density at radius 2 is 2.31 bits per heavy atom. The third-order valence-corrected chi connectivity index (χ3v) is 4.24. The van der Waals surface area contributed by atoms with Gasteiger partial charge in [-0.2, -0.15) is 0 Å². The van der Waals surface area contributed by atoms with Gasteiger partial charge in [0, 0.05) is 24.2 Å². The normalized spacial score (nSPS) is 20.0. The first-order chi connectivity index (χ1) is 7.68. The molecule has 4 heteroatoms. The fourth-order valence-corrected chi connectivity index (χ4v) is 2.76. The molecule has 2 atom stereocenters. The average molecular weight is 239 g/mol. The number of nitrogens with zero attached hydrogens (tertiary/aromatic N) is 2. The van der Waals surface area contributed by atoms with Gasteiger partial charge >= 0.3 is 0 Å². The van der Waals surface area contributed by atoms with Gasteiger partial charge in [-0.25, -0.2) is 4.98 Å². The Balaban J connectivity index is 1.81. The summed E-state index contributed by atoms with van der Waals surface area (Å²) in [5, 5.41) is 6.82. The predicted molar refractivity (Wildman–Crippen MR) is 68.7 cm³/mol. The molecule has 1 N–H and O–H groups in total. The summed E-state index contributed by atoms with van der Waals surface area (Å²) >= 11 is 1.73. The molecule has 16 heavy (non-hydrogen) atoms. The van der Waals surface area contributed by atoms with E-state index in [-0.39, 0.29) is 0 Å². The van der Waals surface area contributed by atoms with E-state index < -0.39 is 0 Å². The minimum absolute atomic E-state index is 0.376. The maximum Gasteiger partial charge on any atom is 0.109 e. The molecule has 0 aliphatic heterocycles. The molecule has 1 aromatic heterocycles. The Hall–Kier alpha value is -0.450. The summed E-state index contributed by atoms with van der Waals surface area (Å²) in [5.74, 6) is 0.908. The third-order valence-electron chi connectivity index (χ3n) is 3.28. The van der Waals surface area contributed by atoms with Crippen molar-refractivity contribution in [3.63, 3.8) is 0 Å². The topological polar surface area (TPSA) is 28.2 Å². The highest BCUT2D eigenvalue weighted by Crippen LogP contribution is 2.34. The fourth-order valence-electron chi connectivity index (χ4n) is 2.09. The molecule has 1 aromatic rings. The van der Waals surface area contributed by atoms with Crippen LogP contribution in [0.25, 0.3) is 0 Å². The van der Waals surface area contributed by atoms with E-state index in [4.69, 9.17) is 0 Å². The molecular formula is C12H21N3S. The second-order valence-electron chi connectivity index (χ2n) is 4.87. The maximum absolute atomic E-state index is 4.34. The van der Waals surface area contributed by atoms with E-state index in [0.29, 0.717) is 12.1 Å². The molecule has 0 aromatic carbocycles. The van der Waals surface area contributed by atoms with Crippen LogP contribution < -0.4 is 5.32 Å². The number of likely N-dealkylation sites (N-methyl/N-ethyl adjacent to an activating group) is 1. The van der Waals surface area contributed by atoms with E-state index in [9.17, 15) is 0 Å². The van der Waals surface area contributed by atoms with Gasteiger partial charge in [0.1, 0.15) is 5.01 Å². The van der Waals surface area contributed by atoms with Crippen LogP contribution in [0.3, 0.4) is 0 Å². The Labute approximate surface area is 102 Å². The molecule has 1 aliphatic carbocycles. The van der Waals surface area contributed by atoms with Crippen molar-refractivity contribution in [2.24, 2.45) is 5.92 Å². The Morgan fingerprint density at radius 3 is 2.81 bits per heavy atom. The van der Waals surface area contributed by atoms with E-state index in [0.717, 1.165) is 12.5 Å². The van der Waals surface area contributed by atoms with Gasteiger partial charge in [-0.15, -0.1) is 11.3 Å². The fraction of sp³-hybridized carbons (Fsp3) is 0.750. The lowest BCUT2D eigenvalue weighted by Gasteiger charge is -2.25. The summed E-state index contributed by atoms with van der Waals surface area (Å²) in [4.78, 5) is 6.69. The molecule has 2 unspecified atom stereocenters. The van der Waals surface area contributed by atoms with E-state index in [2.05, 4.69) is 36.2 Å². The van der Waals surface area contributed by atoms with Gasteiger partial charge in [0.2, 0.25) is 0 Å². The summed E-state index contributed by atoms with van der Waals surface area (Å²) in [7, 11) is 4.36. The number of hydrogen-bond acceptors (Lipinski definition) is 4. The van der Waals surface area contributed by atoms with Crippen molar-refractivity contribution in [2.45, 2.75) is 31.8 Å². The van der Waals surface area contributed by atoms with Crippen molar-refractivity contribution in [3.8, 4) is 0 Å². The molecule has 0 amide bonds. The molecule has 1 heterocycles. The van der Waals surface area contributed by atoms with Crippen molar-refractivity contribution in [3.05, 3.63) is 16.6 Å². The number of hydrogen-bond donors (Lipinski definition) is 1. The molecule has 0 spiro atoms. The molecule has 1 saturated carbocycles. The zero-order chi connectivity index (χ0) is 11.5. The van der Waals surface area contributed by atoms with Crippen LogP contribution in [0.1, 0.15) is 30.8 Å². The molecule has 0 bridgehead atoms. The maximum atomic E-state index is 4.34. The minimum atomic E-state index is 0.376. The molecular weight excluding hydrogens is 218 g/mol. The van der Waals surface area contributed by atoms with E-state index >= 15 is 0 Å². The van der Waals surface area contributed by atoms with Gasteiger partial charge in [0.25, 0.3) is 0 Å². The van der Waals surface area contributed by atoms with Gasteiger partial charge in [0.05, 0.1) is 6.04 Å². The number of thiazole rings is 1. The number of aromatic nitrogens is 1. The molecule has 1 fully saturated rings. The first-order valence-electron chi connectivity index (χ1n) is 5.97. The van der Waals surface area contributed by atoms with Crippen LogP contribution in [0.15, 0.2) is 11.6 Å². The van der Waals surface area contributed by atoms with Crippen LogP contribution in [-0.4, -0.2) is 36.6 Å². The Morgan fingerprint density at radius 1 is 1.56 bits per heavy atom. The zero-order valence-electron chi connectivity index (χ0n) is 10.3. The van der Waals surface area contributed by atoms with Gasteiger partial charge in [-0.05, 0) is 39.8 Å². The SMILES string of the molecule is CC(NCC(C1CC1)N(C)C)c1nccs1. The lowest BCUT2D eigenvalue weighted by Crippen LogP contribution is -2.40. The molecule has 3 nitrogen and oxygen atoms in total.